The topological polar surface area (TPSA) is 0 Å². The van der Waals surface area contributed by atoms with Crippen LogP contribution in [0.25, 0.3) is 10.1 Å². The Kier molecular flexibility index (Phi) is 1.66. The highest BCUT2D eigenvalue weighted by molar-refractivity contribution is 7.80. The predicted molar refractivity (Wildman–Crippen MR) is 53.8 cm³/mol. The van der Waals surface area contributed by atoms with Crippen LogP contribution in [0.5, 0.6) is 0 Å². The molecule has 0 aliphatic carbocycles. The molecule has 0 amide bonds. The third kappa shape index (κ3) is 1.06. The fourth-order valence-corrected chi connectivity index (χ4v) is 2.68. The second-order valence-corrected chi connectivity index (χ2v) is 3.96. The van der Waals surface area contributed by atoms with Crippen LogP contribution in [0, 0.1) is 6.92 Å². The molecule has 0 aliphatic heterocycles. The largest absolute Gasteiger partial charge is 0.143 e. The fourth-order valence-electron chi connectivity index (χ4n) is 1.25. The summed E-state index contributed by atoms with van der Waals surface area (Å²) in [7, 11) is 0. The van der Waals surface area contributed by atoms with E-state index in [4.69, 9.17) is 0 Å². The van der Waals surface area contributed by atoms with Crippen LogP contribution in [0.4, 0.5) is 0 Å². The standard InChI is InChI=1S/C9H8S2/c1-6-3-2-4-8-9(6)7(10)5-11-8/h2-5,10H,1H3. The van der Waals surface area contributed by atoms with Crippen molar-refractivity contribution in [1.82, 2.24) is 0 Å². The zero-order valence-electron chi connectivity index (χ0n) is 6.16. The van der Waals surface area contributed by atoms with Crippen LogP contribution in [0.15, 0.2) is 28.5 Å². The number of hydrogen-bond acceptors (Lipinski definition) is 2. The number of rotatable bonds is 0. The normalized spacial score (nSPS) is 10.7. The van der Waals surface area contributed by atoms with Crippen molar-refractivity contribution in [3.63, 3.8) is 0 Å². The molecule has 2 aromatic rings. The van der Waals surface area contributed by atoms with Crippen molar-refractivity contribution in [2.45, 2.75) is 11.8 Å². The van der Waals surface area contributed by atoms with Gasteiger partial charge in [-0.3, -0.25) is 0 Å². The Hall–Kier alpha value is -0.470. The van der Waals surface area contributed by atoms with E-state index >= 15 is 0 Å². The lowest BCUT2D eigenvalue weighted by Crippen LogP contribution is -1.71. The third-order valence-corrected chi connectivity index (χ3v) is 3.26. The molecule has 0 unspecified atom stereocenters. The van der Waals surface area contributed by atoms with E-state index in [1.54, 1.807) is 11.3 Å². The maximum absolute atomic E-state index is 4.38. The molecule has 56 valence electrons. The van der Waals surface area contributed by atoms with Gasteiger partial charge in [-0.15, -0.1) is 24.0 Å². The van der Waals surface area contributed by atoms with Crippen molar-refractivity contribution in [2.75, 3.05) is 0 Å². The molecule has 2 heteroatoms. The molecule has 0 nitrogen and oxygen atoms in total. The first-order valence-corrected chi connectivity index (χ1v) is 4.77. The van der Waals surface area contributed by atoms with Crippen molar-refractivity contribution in [1.29, 1.82) is 0 Å². The first-order valence-electron chi connectivity index (χ1n) is 3.45. The Morgan fingerprint density at radius 2 is 2.18 bits per heavy atom. The second kappa shape index (κ2) is 2.54. The minimum atomic E-state index is 1.10. The predicted octanol–water partition coefficient (Wildman–Crippen LogP) is 3.50. The Bertz CT molecular complexity index is 387. The second-order valence-electron chi connectivity index (χ2n) is 2.57. The SMILES string of the molecule is Cc1cccc2scc(S)c12. The number of thiol groups is 1. The summed E-state index contributed by atoms with van der Waals surface area (Å²) in [6.07, 6.45) is 0. The molecule has 0 spiro atoms. The molecular weight excluding hydrogens is 172 g/mol. The van der Waals surface area contributed by atoms with E-state index in [9.17, 15) is 0 Å². The zero-order chi connectivity index (χ0) is 7.84. The average molecular weight is 180 g/mol. The maximum atomic E-state index is 4.38. The van der Waals surface area contributed by atoms with E-state index in [2.05, 4.69) is 43.1 Å². The van der Waals surface area contributed by atoms with Gasteiger partial charge in [0.15, 0.2) is 0 Å². The number of thiophene rings is 1. The van der Waals surface area contributed by atoms with E-state index in [0.29, 0.717) is 0 Å². The van der Waals surface area contributed by atoms with Crippen LogP contribution >= 0.6 is 24.0 Å². The molecule has 1 aromatic heterocycles. The van der Waals surface area contributed by atoms with Crippen LogP contribution in [0.2, 0.25) is 0 Å². The van der Waals surface area contributed by atoms with E-state index in [0.717, 1.165) is 4.90 Å². The Labute approximate surface area is 75.3 Å². The monoisotopic (exact) mass is 180 g/mol. The van der Waals surface area contributed by atoms with Gasteiger partial charge in [-0.2, -0.15) is 0 Å². The summed E-state index contributed by atoms with van der Waals surface area (Å²) < 4.78 is 1.33. The number of benzene rings is 1. The summed E-state index contributed by atoms with van der Waals surface area (Å²) in [4.78, 5) is 1.10. The lowest BCUT2D eigenvalue weighted by molar-refractivity contribution is 1.50. The summed E-state index contributed by atoms with van der Waals surface area (Å²) >= 11 is 6.13. The maximum Gasteiger partial charge on any atom is 0.0356 e. The molecule has 2 rings (SSSR count). The number of hydrogen-bond donors (Lipinski definition) is 1. The van der Waals surface area contributed by atoms with Gasteiger partial charge in [-0.05, 0) is 18.6 Å². The molecule has 0 aliphatic rings. The van der Waals surface area contributed by atoms with Gasteiger partial charge in [-0.1, -0.05) is 12.1 Å². The first-order chi connectivity index (χ1) is 5.29. The summed E-state index contributed by atoms with van der Waals surface area (Å²) in [6.45, 7) is 2.12. The molecule has 0 saturated heterocycles. The van der Waals surface area contributed by atoms with Crippen molar-refractivity contribution >= 4 is 34.1 Å². The van der Waals surface area contributed by atoms with Crippen molar-refractivity contribution in [3.8, 4) is 0 Å². The van der Waals surface area contributed by atoms with Crippen molar-refractivity contribution in [2.24, 2.45) is 0 Å². The van der Waals surface area contributed by atoms with Gasteiger partial charge in [0, 0.05) is 20.4 Å². The summed E-state index contributed by atoms with van der Waals surface area (Å²) in [5.74, 6) is 0. The van der Waals surface area contributed by atoms with Gasteiger partial charge >= 0.3 is 0 Å². The van der Waals surface area contributed by atoms with E-state index in [-0.39, 0.29) is 0 Å². The molecule has 0 N–H and O–H groups in total. The smallest absolute Gasteiger partial charge is 0.0356 e. The highest BCUT2D eigenvalue weighted by Gasteiger charge is 2.01. The van der Waals surface area contributed by atoms with E-state index in [1.807, 2.05) is 0 Å². The van der Waals surface area contributed by atoms with E-state index < -0.39 is 0 Å². The van der Waals surface area contributed by atoms with Crippen LogP contribution in [-0.4, -0.2) is 0 Å². The van der Waals surface area contributed by atoms with Gasteiger partial charge < -0.3 is 0 Å². The number of aryl methyl sites for hydroxylation is 1. The lowest BCUT2D eigenvalue weighted by atomic mass is 10.2. The van der Waals surface area contributed by atoms with Gasteiger partial charge in [0.05, 0.1) is 0 Å². The summed E-state index contributed by atoms with van der Waals surface area (Å²) in [6, 6.07) is 6.34. The Morgan fingerprint density at radius 3 is 2.91 bits per heavy atom. The molecule has 0 atom stereocenters. The highest BCUT2D eigenvalue weighted by atomic mass is 32.1. The molecule has 0 fully saturated rings. The van der Waals surface area contributed by atoms with Gasteiger partial charge in [0.2, 0.25) is 0 Å². The third-order valence-electron chi connectivity index (χ3n) is 1.79. The van der Waals surface area contributed by atoms with Gasteiger partial charge in [-0.25, -0.2) is 0 Å². The Morgan fingerprint density at radius 1 is 1.36 bits per heavy atom. The Balaban J connectivity index is 2.96. The number of fused-ring (bicyclic) bond motifs is 1. The minimum Gasteiger partial charge on any atom is -0.143 e. The quantitative estimate of drug-likeness (QED) is 0.589. The minimum absolute atomic E-state index is 1.10. The van der Waals surface area contributed by atoms with Crippen LogP contribution in [-0.2, 0) is 0 Å². The lowest BCUT2D eigenvalue weighted by Gasteiger charge is -1.94. The molecule has 0 bridgehead atoms. The van der Waals surface area contributed by atoms with Crippen LogP contribution in [0.1, 0.15) is 5.56 Å². The fraction of sp³-hybridized carbons (Fsp3) is 0.111. The van der Waals surface area contributed by atoms with Crippen LogP contribution in [0.3, 0.4) is 0 Å². The van der Waals surface area contributed by atoms with Gasteiger partial charge in [0.1, 0.15) is 0 Å². The van der Waals surface area contributed by atoms with Gasteiger partial charge in [0.25, 0.3) is 0 Å². The summed E-state index contributed by atoms with van der Waals surface area (Å²) in [5, 5.41) is 3.39. The molecule has 0 saturated carbocycles. The van der Waals surface area contributed by atoms with Crippen LogP contribution < -0.4 is 0 Å². The van der Waals surface area contributed by atoms with Crippen molar-refractivity contribution in [3.05, 3.63) is 29.1 Å². The first kappa shape index (κ1) is 7.19. The van der Waals surface area contributed by atoms with Crippen molar-refractivity contribution < 1.29 is 0 Å². The zero-order valence-corrected chi connectivity index (χ0v) is 7.88. The molecular formula is C9H8S2. The average Bonchev–Trinajstić information content (AvgIpc) is 2.34. The molecule has 11 heavy (non-hydrogen) atoms. The highest BCUT2D eigenvalue weighted by Crippen LogP contribution is 2.30. The molecule has 1 heterocycles. The molecule has 0 radical (unpaired) electrons. The van der Waals surface area contributed by atoms with E-state index in [1.165, 1.54) is 15.6 Å². The molecule has 1 aromatic carbocycles. The summed E-state index contributed by atoms with van der Waals surface area (Å²) in [5.41, 5.74) is 1.31.